The molecule has 0 aliphatic carbocycles. The number of pyridine rings is 1. The first-order valence-corrected chi connectivity index (χ1v) is 6.32. The number of nitrogen functional groups attached to an aromatic ring is 1. The Bertz CT molecular complexity index is 570. The quantitative estimate of drug-likeness (QED) is 0.777. The maximum absolute atomic E-state index is 13.0. The second-order valence-corrected chi connectivity index (χ2v) is 4.35. The minimum Gasteiger partial charge on any atom is -0.383 e. The van der Waals surface area contributed by atoms with Crippen LogP contribution in [-0.4, -0.2) is 27.0 Å². The third-order valence-corrected chi connectivity index (χ3v) is 2.82. The molecule has 2 aromatic rings. The number of nitrogens with two attached hydrogens (primary N) is 1. The van der Waals surface area contributed by atoms with Crippen molar-refractivity contribution in [2.75, 3.05) is 12.3 Å². The number of nitrogens with one attached hydrogen (secondary N) is 1. The minimum atomic E-state index is -0.579. The van der Waals surface area contributed by atoms with Crippen LogP contribution in [0.15, 0.2) is 31.0 Å². The second kappa shape index (κ2) is 6.65. The van der Waals surface area contributed by atoms with Crippen molar-refractivity contribution in [3.8, 4) is 0 Å². The van der Waals surface area contributed by atoms with Crippen molar-refractivity contribution in [3.05, 3.63) is 42.4 Å². The Kier molecular flexibility index (Phi) is 4.65. The van der Waals surface area contributed by atoms with Gasteiger partial charge in [-0.1, -0.05) is 0 Å². The molecule has 0 unspecified atom stereocenters. The molecule has 0 aromatic carbocycles. The fourth-order valence-electron chi connectivity index (χ4n) is 1.77. The molecule has 0 atom stereocenters. The summed E-state index contributed by atoms with van der Waals surface area (Å²) in [6, 6.07) is 1.09. The number of carbonyl (C=O) groups excluding carboxylic acids is 1. The van der Waals surface area contributed by atoms with Crippen molar-refractivity contribution in [1.29, 1.82) is 0 Å². The van der Waals surface area contributed by atoms with Gasteiger partial charge in [-0.2, -0.15) is 0 Å². The van der Waals surface area contributed by atoms with Gasteiger partial charge in [-0.3, -0.25) is 4.79 Å². The van der Waals surface area contributed by atoms with Crippen molar-refractivity contribution in [2.24, 2.45) is 0 Å². The van der Waals surface area contributed by atoms with Crippen molar-refractivity contribution < 1.29 is 9.18 Å². The Balaban J connectivity index is 1.73. The molecule has 2 rings (SSSR count). The highest BCUT2D eigenvalue weighted by molar-refractivity contribution is 5.98. The number of hydrogen-bond acceptors (Lipinski definition) is 4. The topological polar surface area (TPSA) is 85.8 Å². The van der Waals surface area contributed by atoms with E-state index in [1.807, 2.05) is 10.8 Å². The fraction of sp³-hybridized carbons (Fsp3) is 0.308. The van der Waals surface area contributed by atoms with Crippen LogP contribution in [0.4, 0.5) is 10.2 Å². The summed E-state index contributed by atoms with van der Waals surface area (Å²) >= 11 is 0. The molecule has 0 spiro atoms. The molecule has 0 bridgehead atoms. The van der Waals surface area contributed by atoms with Crippen LogP contribution in [0.25, 0.3) is 0 Å². The van der Waals surface area contributed by atoms with Gasteiger partial charge in [0.1, 0.15) is 11.6 Å². The maximum Gasteiger partial charge on any atom is 0.255 e. The number of aromatic nitrogens is 3. The summed E-state index contributed by atoms with van der Waals surface area (Å²) in [4.78, 5) is 19.3. The highest BCUT2D eigenvalue weighted by Crippen LogP contribution is 2.09. The van der Waals surface area contributed by atoms with Gasteiger partial charge in [0.2, 0.25) is 0 Å². The summed E-state index contributed by atoms with van der Waals surface area (Å²) in [5.41, 5.74) is 5.61. The lowest BCUT2D eigenvalue weighted by Gasteiger charge is -2.07. The molecule has 106 valence electrons. The van der Waals surface area contributed by atoms with Crippen LogP contribution in [0.3, 0.4) is 0 Å². The Labute approximate surface area is 115 Å². The van der Waals surface area contributed by atoms with E-state index in [-0.39, 0.29) is 11.4 Å². The van der Waals surface area contributed by atoms with Crippen molar-refractivity contribution >= 4 is 11.7 Å². The van der Waals surface area contributed by atoms with Gasteiger partial charge in [-0.25, -0.2) is 14.4 Å². The van der Waals surface area contributed by atoms with E-state index in [0.717, 1.165) is 31.6 Å². The lowest BCUT2D eigenvalue weighted by molar-refractivity contribution is 0.0953. The molecule has 2 aromatic heterocycles. The molecule has 0 aliphatic rings. The number of unbranched alkanes of at least 4 members (excludes halogenated alkanes) is 1. The standard InChI is InChI=1S/C13H16FN5O/c14-10-7-11(12(15)18-8-10)13(20)17-3-1-2-5-19-6-4-16-9-19/h4,6-9H,1-3,5H2,(H2,15,18)(H,17,20). The summed E-state index contributed by atoms with van der Waals surface area (Å²) in [6.45, 7) is 1.35. The molecule has 20 heavy (non-hydrogen) atoms. The predicted octanol–water partition coefficient (Wildman–Crippen LogP) is 1.21. The number of carbonyl (C=O) groups is 1. The first kappa shape index (κ1) is 14.0. The molecule has 0 saturated heterocycles. The second-order valence-electron chi connectivity index (χ2n) is 4.35. The molecule has 0 saturated carbocycles. The summed E-state index contributed by atoms with van der Waals surface area (Å²) < 4.78 is 15.0. The van der Waals surface area contributed by atoms with E-state index in [9.17, 15) is 9.18 Å². The maximum atomic E-state index is 13.0. The monoisotopic (exact) mass is 277 g/mol. The smallest absolute Gasteiger partial charge is 0.255 e. The largest absolute Gasteiger partial charge is 0.383 e. The van der Waals surface area contributed by atoms with Gasteiger partial charge in [0, 0.05) is 25.5 Å². The lowest BCUT2D eigenvalue weighted by atomic mass is 10.2. The highest BCUT2D eigenvalue weighted by Gasteiger charge is 2.11. The Morgan fingerprint density at radius 2 is 2.30 bits per heavy atom. The van der Waals surface area contributed by atoms with Crippen LogP contribution in [0.2, 0.25) is 0 Å². The van der Waals surface area contributed by atoms with Gasteiger partial charge in [0.05, 0.1) is 18.1 Å². The normalized spacial score (nSPS) is 10.4. The van der Waals surface area contributed by atoms with E-state index in [1.54, 1.807) is 12.5 Å². The van der Waals surface area contributed by atoms with Crippen LogP contribution in [0, 0.1) is 5.82 Å². The zero-order valence-corrected chi connectivity index (χ0v) is 10.9. The van der Waals surface area contributed by atoms with Crippen LogP contribution < -0.4 is 11.1 Å². The zero-order valence-electron chi connectivity index (χ0n) is 10.9. The highest BCUT2D eigenvalue weighted by atomic mass is 19.1. The molecule has 3 N–H and O–H groups in total. The molecule has 7 heteroatoms. The van der Waals surface area contributed by atoms with Crippen molar-refractivity contribution in [2.45, 2.75) is 19.4 Å². The predicted molar refractivity (Wildman–Crippen MR) is 72.4 cm³/mol. The first-order valence-electron chi connectivity index (χ1n) is 6.32. The van der Waals surface area contributed by atoms with Crippen LogP contribution in [0.5, 0.6) is 0 Å². The van der Waals surface area contributed by atoms with E-state index in [2.05, 4.69) is 15.3 Å². The van der Waals surface area contributed by atoms with E-state index >= 15 is 0 Å². The number of amides is 1. The van der Waals surface area contributed by atoms with E-state index in [4.69, 9.17) is 5.73 Å². The molecule has 2 heterocycles. The van der Waals surface area contributed by atoms with Gasteiger partial charge < -0.3 is 15.6 Å². The van der Waals surface area contributed by atoms with Gasteiger partial charge in [0.15, 0.2) is 0 Å². The number of imidazole rings is 1. The van der Waals surface area contributed by atoms with E-state index < -0.39 is 11.7 Å². The molecule has 0 radical (unpaired) electrons. The SMILES string of the molecule is Nc1ncc(F)cc1C(=O)NCCCCn1ccnc1. The Hall–Kier alpha value is -2.44. The average Bonchev–Trinajstić information content (AvgIpc) is 2.94. The number of nitrogens with zero attached hydrogens (tertiary/aromatic N) is 3. The van der Waals surface area contributed by atoms with Crippen molar-refractivity contribution in [1.82, 2.24) is 19.9 Å². The van der Waals surface area contributed by atoms with Gasteiger partial charge >= 0.3 is 0 Å². The summed E-state index contributed by atoms with van der Waals surface area (Å²) in [7, 11) is 0. The molecular formula is C13H16FN5O. The lowest BCUT2D eigenvalue weighted by Crippen LogP contribution is -2.26. The van der Waals surface area contributed by atoms with E-state index in [1.165, 1.54) is 0 Å². The van der Waals surface area contributed by atoms with Crippen LogP contribution >= 0.6 is 0 Å². The van der Waals surface area contributed by atoms with Crippen LogP contribution in [-0.2, 0) is 6.54 Å². The molecular weight excluding hydrogens is 261 g/mol. The van der Waals surface area contributed by atoms with Gasteiger partial charge in [-0.15, -0.1) is 0 Å². The first-order chi connectivity index (χ1) is 9.66. The molecule has 0 fully saturated rings. The summed E-state index contributed by atoms with van der Waals surface area (Å²) in [6.07, 6.45) is 8.06. The van der Waals surface area contributed by atoms with Crippen LogP contribution in [0.1, 0.15) is 23.2 Å². The number of halogens is 1. The molecule has 0 aliphatic heterocycles. The Morgan fingerprint density at radius 3 is 3.05 bits per heavy atom. The number of hydrogen-bond donors (Lipinski definition) is 2. The van der Waals surface area contributed by atoms with Gasteiger partial charge in [0.25, 0.3) is 5.91 Å². The fourth-order valence-corrected chi connectivity index (χ4v) is 1.77. The molecule has 6 nitrogen and oxygen atoms in total. The number of rotatable bonds is 6. The summed E-state index contributed by atoms with van der Waals surface area (Å²) in [5.74, 6) is -0.955. The Morgan fingerprint density at radius 1 is 1.45 bits per heavy atom. The molecule has 1 amide bonds. The van der Waals surface area contributed by atoms with E-state index in [0.29, 0.717) is 6.54 Å². The summed E-state index contributed by atoms with van der Waals surface area (Å²) in [5, 5.41) is 2.70. The number of anilines is 1. The van der Waals surface area contributed by atoms with Crippen molar-refractivity contribution in [3.63, 3.8) is 0 Å². The number of aryl methyl sites for hydroxylation is 1. The average molecular weight is 277 g/mol. The minimum absolute atomic E-state index is 0.0299. The zero-order chi connectivity index (χ0) is 14.4. The third kappa shape index (κ3) is 3.78. The third-order valence-electron chi connectivity index (χ3n) is 2.82. The van der Waals surface area contributed by atoms with Gasteiger partial charge in [-0.05, 0) is 18.9 Å².